The van der Waals surface area contributed by atoms with Crippen LogP contribution in [0.3, 0.4) is 0 Å². The van der Waals surface area contributed by atoms with Crippen molar-refractivity contribution in [2.45, 2.75) is 33.1 Å². The van der Waals surface area contributed by atoms with Gasteiger partial charge in [0.1, 0.15) is 11.6 Å². The van der Waals surface area contributed by atoms with Gasteiger partial charge >= 0.3 is 6.03 Å². The van der Waals surface area contributed by atoms with E-state index in [1.165, 1.54) is 22.7 Å². The Hall–Kier alpha value is -3.13. The molecule has 0 bridgehead atoms. The summed E-state index contributed by atoms with van der Waals surface area (Å²) in [4.78, 5) is 19.4. The SMILES string of the molecule is CCOc1ccccc1NC(=O)NCC1CCN(c2nc(Cc3ccc(C)cc3)ns2)CC1. The van der Waals surface area contributed by atoms with Crippen molar-refractivity contribution in [3.05, 3.63) is 65.5 Å². The maximum atomic E-state index is 12.4. The smallest absolute Gasteiger partial charge is 0.319 e. The number of anilines is 2. The fourth-order valence-electron chi connectivity index (χ4n) is 3.92. The molecular weight excluding hydrogens is 434 g/mol. The fourth-order valence-corrected chi connectivity index (χ4v) is 4.65. The van der Waals surface area contributed by atoms with Crippen molar-refractivity contribution in [3.8, 4) is 5.75 Å². The molecule has 33 heavy (non-hydrogen) atoms. The standard InChI is InChI=1S/C25H31N5O2S/c1-3-32-22-7-5-4-6-21(22)27-24(31)26-17-20-12-14-30(15-13-20)25-28-23(29-33-25)16-19-10-8-18(2)9-11-19/h4-11,20H,3,12-17H2,1-2H3,(H2,26,27,31). The van der Waals surface area contributed by atoms with Crippen molar-refractivity contribution < 1.29 is 9.53 Å². The van der Waals surface area contributed by atoms with Gasteiger partial charge in [-0.3, -0.25) is 0 Å². The lowest BCUT2D eigenvalue weighted by Gasteiger charge is -2.31. The van der Waals surface area contributed by atoms with Crippen LogP contribution >= 0.6 is 11.5 Å². The van der Waals surface area contributed by atoms with E-state index in [2.05, 4.69) is 51.1 Å². The molecule has 0 aliphatic carbocycles. The number of urea groups is 1. The zero-order valence-corrected chi connectivity index (χ0v) is 20.0. The van der Waals surface area contributed by atoms with Crippen LogP contribution in [0.1, 0.15) is 36.7 Å². The van der Waals surface area contributed by atoms with Gasteiger partial charge in [-0.2, -0.15) is 4.37 Å². The molecule has 174 valence electrons. The Kier molecular flexibility index (Phi) is 7.78. The van der Waals surface area contributed by atoms with Gasteiger partial charge in [-0.05, 0) is 50.3 Å². The van der Waals surface area contributed by atoms with E-state index in [0.29, 0.717) is 30.5 Å². The van der Waals surface area contributed by atoms with E-state index in [-0.39, 0.29) is 6.03 Å². The van der Waals surface area contributed by atoms with Crippen LogP contribution in [-0.2, 0) is 6.42 Å². The Morgan fingerprint density at radius 1 is 1.15 bits per heavy atom. The number of aromatic nitrogens is 2. The van der Waals surface area contributed by atoms with Gasteiger partial charge in [0.25, 0.3) is 0 Å². The van der Waals surface area contributed by atoms with Gasteiger partial charge in [0.15, 0.2) is 0 Å². The molecular formula is C25H31N5O2S. The number of piperidine rings is 1. The number of benzene rings is 2. The predicted molar refractivity (Wildman–Crippen MR) is 133 cm³/mol. The molecule has 8 heteroatoms. The van der Waals surface area contributed by atoms with Crippen LogP contribution in [0.4, 0.5) is 15.6 Å². The van der Waals surface area contributed by atoms with Crippen LogP contribution in [0.2, 0.25) is 0 Å². The highest BCUT2D eigenvalue weighted by Crippen LogP contribution is 2.26. The van der Waals surface area contributed by atoms with E-state index in [4.69, 9.17) is 9.72 Å². The highest BCUT2D eigenvalue weighted by atomic mass is 32.1. The summed E-state index contributed by atoms with van der Waals surface area (Å²) in [6.45, 7) is 7.10. The molecule has 0 atom stereocenters. The molecule has 2 heterocycles. The molecule has 2 amide bonds. The fraction of sp³-hybridized carbons (Fsp3) is 0.400. The maximum absolute atomic E-state index is 12.4. The first-order valence-corrected chi connectivity index (χ1v) is 12.3. The molecule has 3 aromatic rings. The summed E-state index contributed by atoms with van der Waals surface area (Å²) in [5.74, 6) is 2.02. The average molecular weight is 466 g/mol. The Morgan fingerprint density at radius 3 is 2.67 bits per heavy atom. The molecule has 0 unspecified atom stereocenters. The number of nitrogens with zero attached hydrogens (tertiary/aromatic N) is 3. The lowest BCUT2D eigenvalue weighted by atomic mass is 9.97. The Balaban J connectivity index is 1.21. The predicted octanol–water partition coefficient (Wildman–Crippen LogP) is 4.87. The number of rotatable bonds is 8. The highest BCUT2D eigenvalue weighted by molar-refractivity contribution is 7.09. The van der Waals surface area contributed by atoms with Gasteiger partial charge in [-0.1, -0.05) is 42.0 Å². The van der Waals surface area contributed by atoms with Crippen molar-refractivity contribution in [1.82, 2.24) is 14.7 Å². The van der Waals surface area contributed by atoms with E-state index < -0.39 is 0 Å². The number of carbonyl (C=O) groups excluding carboxylic acids is 1. The zero-order chi connectivity index (χ0) is 23.0. The Labute approximate surface area is 199 Å². The minimum Gasteiger partial charge on any atom is -0.492 e. The topological polar surface area (TPSA) is 79.4 Å². The molecule has 1 aromatic heterocycles. The number of para-hydroxylation sites is 2. The molecule has 7 nitrogen and oxygen atoms in total. The Morgan fingerprint density at radius 2 is 1.91 bits per heavy atom. The summed E-state index contributed by atoms with van der Waals surface area (Å²) in [7, 11) is 0. The summed E-state index contributed by atoms with van der Waals surface area (Å²) < 4.78 is 10.1. The first-order chi connectivity index (χ1) is 16.1. The van der Waals surface area contributed by atoms with E-state index in [1.807, 2.05) is 31.2 Å². The molecule has 2 N–H and O–H groups in total. The molecule has 4 rings (SSSR count). The summed E-state index contributed by atoms with van der Waals surface area (Å²) >= 11 is 1.48. The number of ether oxygens (including phenoxy) is 1. The van der Waals surface area contributed by atoms with Crippen LogP contribution in [0.25, 0.3) is 0 Å². The summed E-state index contributed by atoms with van der Waals surface area (Å²) in [6, 6.07) is 15.8. The number of nitrogens with one attached hydrogen (secondary N) is 2. The molecule has 1 fully saturated rings. The van der Waals surface area contributed by atoms with Crippen molar-refractivity contribution in [2.75, 3.05) is 36.5 Å². The van der Waals surface area contributed by atoms with Gasteiger partial charge in [0, 0.05) is 37.6 Å². The third-order valence-electron chi connectivity index (χ3n) is 5.81. The van der Waals surface area contributed by atoms with E-state index in [1.54, 1.807) is 0 Å². The molecule has 1 saturated heterocycles. The minimum atomic E-state index is -0.200. The third kappa shape index (κ3) is 6.44. The van der Waals surface area contributed by atoms with Crippen molar-refractivity contribution in [1.29, 1.82) is 0 Å². The lowest BCUT2D eigenvalue weighted by Crippen LogP contribution is -2.39. The normalized spacial score (nSPS) is 14.2. The lowest BCUT2D eigenvalue weighted by molar-refractivity contribution is 0.248. The number of amides is 2. The highest BCUT2D eigenvalue weighted by Gasteiger charge is 2.22. The first kappa shape index (κ1) is 23.0. The van der Waals surface area contributed by atoms with Crippen molar-refractivity contribution >= 4 is 28.4 Å². The largest absolute Gasteiger partial charge is 0.492 e. The van der Waals surface area contributed by atoms with Gasteiger partial charge in [0.05, 0.1) is 12.3 Å². The van der Waals surface area contributed by atoms with Crippen molar-refractivity contribution in [2.24, 2.45) is 5.92 Å². The first-order valence-electron chi connectivity index (χ1n) is 11.5. The zero-order valence-electron chi connectivity index (χ0n) is 19.2. The summed E-state index contributed by atoms with van der Waals surface area (Å²) in [5, 5.41) is 6.90. The maximum Gasteiger partial charge on any atom is 0.319 e. The summed E-state index contributed by atoms with van der Waals surface area (Å²) in [6.07, 6.45) is 2.80. The third-order valence-corrected chi connectivity index (χ3v) is 6.63. The number of hydrogen-bond acceptors (Lipinski definition) is 6. The summed E-state index contributed by atoms with van der Waals surface area (Å²) in [5.41, 5.74) is 3.18. The Bertz CT molecular complexity index is 1040. The van der Waals surface area contributed by atoms with E-state index >= 15 is 0 Å². The molecule has 0 radical (unpaired) electrons. The second-order valence-electron chi connectivity index (χ2n) is 8.35. The number of hydrogen-bond donors (Lipinski definition) is 2. The van der Waals surface area contributed by atoms with Crippen molar-refractivity contribution in [3.63, 3.8) is 0 Å². The molecule has 2 aromatic carbocycles. The molecule has 1 aliphatic heterocycles. The second-order valence-corrected chi connectivity index (χ2v) is 9.08. The van der Waals surface area contributed by atoms with Crippen LogP contribution in [0.5, 0.6) is 5.75 Å². The number of carbonyl (C=O) groups is 1. The minimum absolute atomic E-state index is 0.200. The van der Waals surface area contributed by atoms with Crippen LogP contribution in [0, 0.1) is 12.8 Å². The van der Waals surface area contributed by atoms with Gasteiger partial charge < -0.3 is 20.3 Å². The van der Waals surface area contributed by atoms with Crippen LogP contribution in [-0.4, -0.2) is 41.6 Å². The van der Waals surface area contributed by atoms with E-state index in [9.17, 15) is 4.79 Å². The quantitative estimate of drug-likeness (QED) is 0.496. The van der Waals surface area contributed by atoms with E-state index in [0.717, 1.165) is 43.3 Å². The molecule has 0 spiro atoms. The van der Waals surface area contributed by atoms with Crippen LogP contribution in [0.15, 0.2) is 48.5 Å². The molecule has 0 saturated carbocycles. The number of aryl methyl sites for hydroxylation is 1. The average Bonchev–Trinajstić information content (AvgIpc) is 3.29. The van der Waals surface area contributed by atoms with Crippen LogP contribution < -0.4 is 20.3 Å². The van der Waals surface area contributed by atoms with Gasteiger partial charge in [-0.15, -0.1) is 0 Å². The second kappa shape index (κ2) is 11.1. The molecule has 1 aliphatic rings. The van der Waals surface area contributed by atoms with Gasteiger partial charge in [0.2, 0.25) is 5.13 Å². The monoisotopic (exact) mass is 465 g/mol. The van der Waals surface area contributed by atoms with Gasteiger partial charge in [-0.25, -0.2) is 9.78 Å².